The molecule has 2 fully saturated rings. The van der Waals surface area contributed by atoms with Crippen LogP contribution in [0.15, 0.2) is 23.2 Å². The first-order chi connectivity index (χ1) is 11.8. The second-order valence-electron chi connectivity index (χ2n) is 5.98. The van der Waals surface area contributed by atoms with E-state index >= 15 is 0 Å². The van der Waals surface area contributed by atoms with Crippen LogP contribution in [-0.4, -0.2) is 68.5 Å². The van der Waals surface area contributed by atoms with E-state index in [2.05, 4.69) is 20.2 Å². The van der Waals surface area contributed by atoms with Crippen molar-refractivity contribution < 1.29 is 14.2 Å². The van der Waals surface area contributed by atoms with Gasteiger partial charge in [-0.25, -0.2) is 4.98 Å². The number of pyridine rings is 1. The minimum absolute atomic E-state index is 0. The van der Waals surface area contributed by atoms with Crippen molar-refractivity contribution in [2.45, 2.75) is 31.6 Å². The second kappa shape index (κ2) is 10.1. The Labute approximate surface area is 166 Å². The quantitative estimate of drug-likeness (QED) is 0.417. The Morgan fingerprint density at radius 3 is 2.92 bits per heavy atom. The van der Waals surface area contributed by atoms with Crippen LogP contribution in [0, 0.1) is 0 Å². The van der Waals surface area contributed by atoms with E-state index in [1.807, 2.05) is 18.2 Å². The van der Waals surface area contributed by atoms with Crippen molar-refractivity contribution in [3.63, 3.8) is 0 Å². The van der Waals surface area contributed by atoms with Crippen LogP contribution < -0.4 is 10.1 Å². The number of halogens is 1. The molecule has 2 aliphatic rings. The Bertz CT molecular complexity index is 567. The van der Waals surface area contributed by atoms with Crippen LogP contribution in [0.25, 0.3) is 0 Å². The number of aromatic nitrogens is 1. The zero-order valence-electron chi connectivity index (χ0n) is 14.8. The molecule has 0 spiro atoms. The topological polar surface area (TPSA) is 68.2 Å². The lowest BCUT2D eigenvalue weighted by atomic mass is 10.1. The molecule has 25 heavy (non-hydrogen) atoms. The van der Waals surface area contributed by atoms with Gasteiger partial charge in [0.05, 0.1) is 32.1 Å². The van der Waals surface area contributed by atoms with E-state index in [1.54, 1.807) is 14.2 Å². The van der Waals surface area contributed by atoms with Crippen molar-refractivity contribution in [2.75, 3.05) is 40.5 Å². The lowest BCUT2D eigenvalue weighted by molar-refractivity contribution is -0.0817. The Morgan fingerprint density at radius 1 is 1.36 bits per heavy atom. The van der Waals surface area contributed by atoms with Gasteiger partial charge < -0.3 is 24.4 Å². The Hall–Kier alpha value is -1.13. The number of nitrogens with one attached hydrogen (secondary N) is 1. The average Bonchev–Trinajstić information content (AvgIpc) is 3.17. The molecule has 0 amide bonds. The first kappa shape index (κ1) is 20.2. The van der Waals surface area contributed by atoms with E-state index in [-0.39, 0.29) is 36.2 Å². The van der Waals surface area contributed by atoms with E-state index in [1.165, 1.54) is 0 Å². The number of morpholine rings is 1. The van der Waals surface area contributed by atoms with Crippen LogP contribution in [0.5, 0.6) is 5.88 Å². The summed E-state index contributed by atoms with van der Waals surface area (Å²) in [5.41, 5.74) is 0.916. The molecule has 2 unspecified atom stereocenters. The molecular weight excluding hydrogens is 435 g/mol. The van der Waals surface area contributed by atoms with Gasteiger partial charge in [-0.05, 0) is 18.9 Å². The van der Waals surface area contributed by atoms with E-state index in [0.717, 1.165) is 44.2 Å². The summed E-state index contributed by atoms with van der Waals surface area (Å²) >= 11 is 0. The molecule has 2 saturated heterocycles. The highest BCUT2D eigenvalue weighted by molar-refractivity contribution is 14.0. The summed E-state index contributed by atoms with van der Waals surface area (Å²) in [5, 5.41) is 3.38. The molecular formula is C17H27IN4O3. The molecule has 0 saturated carbocycles. The summed E-state index contributed by atoms with van der Waals surface area (Å²) in [7, 11) is 3.43. The number of hydrogen-bond donors (Lipinski definition) is 1. The number of nitrogens with zero attached hydrogens (tertiary/aromatic N) is 3. The van der Waals surface area contributed by atoms with Crippen LogP contribution in [-0.2, 0) is 16.0 Å². The molecule has 2 atom stereocenters. The van der Waals surface area contributed by atoms with Crippen LogP contribution in [0.1, 0.15) is 18.5 Å². The van der Waals surface area contributed by atoms with Crippen molar-refractivity contribution in [3.05, 3.63) is 23.9 Å². The van der Waals surface area contributed by atoms with Crippen LogP contribution >= 0.6 is 24.0 Å². The third-order valence-electron chi connectivity index (χ3n) is 4.40. The normalized spacial score (nSPS) is 23.9. The summed E-state index contributed by atoms with van der Waals surface area (Å²) in [6.07, 6.45) is 2.54. The minimum Gasteiger partial charge on any atom is -0.481 e. The highest BCUT2D eigenvalue weighted by atomic mass is 127. The largest absolute Gasteiger partial charge is 0.481 e. The van der Waals surface area contributed by atoms with Crippen molar-refractivity contribution in [1.82, 2.24) is 15.2 Å². The first-order valence-corrected chi connectivity index (χ1v) is 8.49. The maximum absolute atomic E-state index is 5.90. The molecule has 0 radical (unpaired) electrons. The summed E-state index contributed by atoms with van der Waals surface area (Å²) in [5.74, 6) is 1.49. The molecule has 140 valence electrons. The summed E-state index contributed by atoms with van der Waals surface area (Å²) in [4.78, 5) is 11.1. The lowest BCUT2D eigenvalue weighted by Gasteiger charge is -2.37. The zero-order valence-corrected chi connectivity index (χ0v) is 17.1. The molecule has 3 heterocycles. The van der Waals surface area contributed by atoms with Crippen molar-refractivity contribution in [1.29, 1.82) is 0 Å². The monoisotopic (exact) mass is 462 g/mol. The minimum atomic E-state index is 0. The van der Waals surface area contributed by atoms with Crippen molar-refractivity contribution in [3.8, 4) is 5.88 Å². The Balaban J connectivity index is 0.00000225. The van der Waals surface area contributed by atoms with Gasteiger partial charge in [-0.2, -0.15) is 0 Å². The summed E-state index contributed by atoms with van der Waals surface area (Å²) in [6.45, 7) is 3.78. The van der Waals surface area contributed by atoms with Gasteiger partial charge in [-0.15, -0.1) is 24.0 Å². The van der Waals surface area contributed by atoms with Gasteiger partial charge in [0.1, 0.15) is 6.10 Å². The van der Waals surface area contributed by atoms with Gasteiger partial charge in [0, 0.05) is 32.8 Å². The molecule has 8 heteroatoms. The van der Waals surface area contributed by atoms with E-state index in [0.29, 0.717) is 19.0 Å². The smallest absolute Gasteiger partial charge is 0.213 e. The molecule has 1 aromatic heterocycles. The first-order valence-electron chi connectivity index (χ1n) is 8.49. The molecule has 1 aromatic rings. The van der Waals surface area contributed by atoms with Crippen LogP contribution in [0.2, 0.25) is 0 Å². The third kappa shape index (κ3) is 5.42. The maximum Gasteiger partial charge on any atom is 0.213 e. The van der Waals surface area contributed by atoms with E-state index in [4.69, 9.17) is 14.2 Å². The number of guanidine groups is 1. The van der Waals surface area contributed by atoms with Crippen molar-refractivity contribution >= 4 is 29.9 Å². The van der Waals surface area contributed by atoms with E-state index in [9.17, 15) is 0 Å². The summed E-state index contributed by atoms with van der Waals surface area (Å²) in [6, 6.07) is 5.75. The van der Waals surface area contributed by atoms with Crippen LogP contribution in [0.3, 0.4) is 0 Å². The molecule has 0 aliphatic carbocycles. The Kier molecular flexibility index (Phi) is 8.17. The average molecular weight is 462 g/mol. The number of aliphatic imine (C=N–C) groups is 1. The molecule has 0 bridgehead atoms. The number of rotatable bonds is 4. The van der Waals surface area contributed by atoms with Gasteiger partial charge in [-0.1, -0.05) is 6.07 Å². The van der Waals surface area contributed by atoms with Gasteiger partial charge in [0.25, 0.3) is 0 Å². The number of ether oxygens (including phenoxy) is 3. The van der Waals surface area contributed by atoms with Crippen LogP contribution in [0.4, 0.5) is 0 Å². The summed E-state index contributed by atoms with van der Waals surface area (Å²) < 4.78 is 16.8. The standard InChI is InChI=1S/C17H26N4O3.HI/c1-18-17(19-11-13-5-3-7-16(20-13)22-2)21-8-10-24-15(12-21)14-6-4-9-23-14;/h3,5,7,14-15H,4,6,8-12H2,1-2H3,(H,18,19);1H. The highest BCUT2D eigenvalue weighted by Gasteiger charge is 2.32. The van der Waals surface area contributed by atoms with Gasteiger partial charge in [-0.3, -0.25) is 4.99 Å². The second-order valence-corrected chi connectivity index (χ2v) is 5.98. The fourth-order valence-corrected chi connectivity index (χ4v) is 3.16. The van der Waals surface area contributed by atoms with Gasteiger partial charge in [0.2, 0.25) is 5.88 Å². The zero-order chi connectivity index (χ0) is 16.8. The van der Waals surface area contributed by atoms with E-state index < -0.39 is 0 Å². The molecule has 3 rings (SSSR count). The third-order valence-corrected chi connectivity index (χ3v) is 4.40. The predicted molar refractivity (Wildman–Crippen MR) is 107 cm³/mol. The molecule has 7 nitrogen and oxygen atoms in total. The van der Waals surface area contributed by atoms with Gasteiger partial charge in [0.15, 0.2) is 5.96 Å². The number of hydrogen-bond acceptors (Lipinski definition) is 5. The molecule has 1 N–H and O–H groups in total. The number of methoxy groups -OCH3 is 1. The molecule has 0 aromatic carbocycles. The molecule has 2 aliphatic heterocycles. The fourth-order valence-electron chi connectivity index (χ4n) is 3.16. The predicted octanol–water partition coefficient (Wildman–Crippen LogP) is 1.66. The lowest BCUT2D eigenvalue weighted by Crippen LogP contribution is -2.53. The van der Waals surface area contributed by atoms with Gasteiger partial charge >= 0.3 is 0 Å². The highest BCUT2D eigenvalue weighted by Crippen LogP contribution is 2.21. The van der Waals surface area contributed by atoms with Crippen molar-refractivity contribution in [2.24, 2.45) is 4.99 Å². The fraction of sp³-hybridized carbons (Fsp3) is 0.647. The SMILES string of the molecule is CN=C(NCc1cccc(OC)n1)N1CCOC(C2CCCO2)C1.I. The Morgan fingerprint density at radius 2 is 2.20 bits per heavy atom. The maximum atomic E-state index is 5.90.